The summed E-state index contributed by atoms with van der Waals surface area (Å²) in [4.78, 5) is 15.1. The number of rotatable bonds is 7. The molecule has 1 amide bonds. The van der Waals surface area contributed by atoms with Crippen LogP contribution in [0.4, 0.5) is 8.78 Å². The fourth-order valence-electron chi connectivity index (χ4n) is 2.94. The minimum absolute atomic E-state index is 0.132. The van der Waals surface area contributed by atoms with E-state index < -0.39 is 11.7 Å². The topological polar surface area (TPSA) is 96.9 Å². The van der Waals surface area contributed by atoms with Crippen LogP contribution in [0.2, 0.25) is 0 Å². The molecule has 5 nitrogen and oxygen atoms in total. The van der Waals surface area contributed by atoms with Gasteiger partial charge in [0.15, 0.2) is 5.82 Å². The smallest absolute Gasteiger partial charge is 0.270 e. The van der Waals surface area contributed by atoms with Gasteiger partial charge in [-0.25, -0.2) is 8.78 Å². The number of fused-ring (bicyclic) bond motifs is 1. The van der Waals surface area contributed by atoms with Gasteiger partial charge in [-0.2, -0.15) is 0 Å². The molecule has 0 aliphatic carbocycles. The lowest BCUT2D eigenvalue weighted by molar-refractivity contribution is 0.0942. The summed E-state index contributed by atoms with van der Waals surface area (Å²) < 4.78 is 27.7. The summed E-state index contributed by atoms with van der Waals surface area (Å²) >= 11 is 0. The highest BCUT2D eigenvalue weighted by atomic mass is 19.1. The zero-order chi connectivity index (χ0) is 19.4. The number of amides is 1. The van der Waals surface area contributed by atoms with Gasteiger partial charge in [0.1, 0.15) is 11.5 Å². The SMILES string of the molecule is NCCC[C@H](N)CNC(=O)c1[nH]c2cc(-c3ccc(F)cc3)ccc2c1F. The van der Waals surface area contributed by atoms with E-state index in [1.54, 1.807) is 30.3 Å². The molecule has 1 atom stereocenters. The molecule has 3 rings (SSSR count). The van der Waals surface area contributed by atoms with E-state index in [1.807, 2.05) is 0 Å². The molecule has 0 aliphatic heterocycles. The van der Waals surface area contributed by atoms with Gasteiger partial charge >= 0.3 is 0 Å². The minimum Gasteiger partial charge on any atom is -0.349 e. The summed E-state index contributed by atoms with van der Waals surface area (Å²) in [6.45, 7) is 0.781. The summed E-state index contributed by atoms with van der Waals surface area (Å²) in [5.41, 5.74) is 13.3. The first-order chi connectivity index (χ1) is 13.0. The number of aromatic nitrogens is 1. The number of H-pyrrole nitrogens is 1. The van der Waals surface area contributed by atoms with E-state index in [9.17, 15) is 13.6 Å². The van der Waals surface area contributed by atoms with Gasteiger partial charge < -0.3 is 21.8 Å². The minimum atomic E-state index is -0.608. The summed E-state index contributed by atoms with van der Waals surface area (Å²) in [5, 5.41) is 2.96. The highest BCUT2D eigenvalue weighted by Gasteiger charge is 2.18. The number of carbonyl (C=O) groups excluding carboxylic acids is 1. The molecule has 0 fully saturated rings. The molecule has 1 heterocycles. The van der Waals surface area contributed by atoms with Gasteiger partial charge in [0.05, 0.1) is 0 Å². The number of halogens is 2. The normalized spacial score (nSPS) is 12.3. The molecule has 0 unspecified atom stereocenters. The van der Waals surface area contributed by atoms with Crippen LogP contribution in [0.25, 0.3) is 22.0 Å². The summed E-state index contributed by atoms with van der Waals surface area (Å²) in [6.07, 6.45) is 1.46. The first-order valence-electron chi connectivity index (χ1n) is 8.80. The number of benzene rings is 2. The van der Waals surface area contributed by atoms with Gasteiger partial charge in [-0.15, -0.1) is 0 Å². The van der Waals surface area contributed by atoms with Crippen LogP contribution in [0, 0.1) is 11.6 Å². The number of carbonyl (C=O) groups is 1. The van der Waals surface area contributed by atoms with Crippen molar-refractivity contribution in [2.24, 2.45) is 11.5 Å². The highest BCUT2D eigenvalue weighted by Crippen LogP contribution is 2.27. The number of hydrogen-bond donors (Lipinski definition) is 4. The van der Waals surface area contributed by atoms with Crippen molar-refractivity contribution in [3.8, 4) is 11.1 Å². The first kappa shape index (κ1) is 19.0. The molecule has 1 aromatic heterocycles. The van der Waals surface area contributed by atoms with Gasteiger partial charge in [0, 0.05) is 23.5 Å². The summed E-state index contributed by atoms with van der Waals surface area (Å²) in [6, 6.07) is 10.9. The zero-order valence-electron chi connectivity index (χ0n) is 14.8. The molecule has 0 aliphatic rings. The Bertz CT molecular complexity index is 937. The third kappa shape index (κ3) is 4.32. The van der Waals surface area contributed by atoms with Crippen LogP contribution < -0.4 is 16.8 Å². The van der Waals surface area contributed by atoms with Crippen LogP contribution in [0.3, 0.4) is 0 Å². The zero-order valence-corrected chi connectivity index (χ0v) is 14.8. The van der Waals surface area contributed by atoms with Crippen molar-refractivity contribution in [1.29, 1.82) is 0 Å². The van der Waals surface area contributed by atoms with Crippen LogP contribution in [-0.2, 0) is 0 Å². The third-order valence-electron chi connectivity index (χ3n) is 4.44. The van der Waals surface area contributed by atoms with E-state index in [2.05, 4.69) is 10.3 Å². The Morgan fingerprint density at radius 3 is 2.52 bits per heavy atom. The highest BCUT2D eigenvalue weighted by molar-refractivity contribution is 5.99. The maximum atomic E-state index is 14.6. The second-order valence-electron chi connectivity index (χ2n) is 6.48. The molecular formula is C20H22F2N4O. The Labute approximate surface area is 155 Å². The van der Waals surface area contributed by atoms with Crippen molar-refractivity contribution in [3.63, 3.8) is 0 Å². The average molecular weight is 372 g/mol. The van der Waals surface area contributed by atoms with Crippen molar-refractivity contribution >= 4 is 16.8 Å². The second-order valence-corrected chi connectivity index (χ2v) is 6.48. The molecule has 0 spiro atoms. The Morgan fingerprint density at radius 2 is 1.81 bits per heavy atom. The third-order valence-corrected chi connectivity index (χ3v) is 4.44. The standard InChI is InChI=1S/C20H22F2N4O/c21-14-6-3-12(4-7-14)13-5-8-16-17(10-13)26-19(18(16)22)20(27)25-11-15(24)2-1-9-23/h3-8,10,15,26H,1-2,9,11,23-24H2,(H,25,27)/t15-/m0/s1. The van der Waals surface area contributed by atoms with E-state index in [1.165, 1.54) is 12.1 Å². The molecule has 3 aromatic rings. The fraction of sp³-hybridized carbons (Fsp3) is 0.250. The number of hydrogen-bond acceptors (Lipinski definition) is 3. The Balaban J connectivity index is 1.79. The average Bonchev–Trinajstić information content (AvgIpc) is 3.01. The van der Waals surface area contributed by atoms with Crippen LogP contribution >= 0.6 is 0 Å². The lowest BCUT2D eigenvalue weighted by Crippen LogP contribution is -2.37. The fourth-order valence-corrected chi connectivity index (χ4v) is 2.94. The molecule has 27 heavy (non-hydrogen) atoms. The Morgan fingerprint density at radius 1 is 1.11 bits per heavy atom. The molecular weight excluding hydrogens is 350 g/mol. The Kier molecular flexibility index (Phi) is 5.83. The van der Waals surface area contributed by atoms with E-state index >= 15 is 0 Å². The van der Waals surface area contributed by atoms with Crippen molar-refractivity contribution < 1.29 is 13.6 Å². The molecule has 0 bridgehead atoms. The van der Waals surface area contributed by atoms with Crippen LogP contribution in [0.5, 0.6) is 0 Å². The van der Waals surface area contributed by atoms with Crippen LogP contribution in [0.15, 0.2) is 42.5 Å². The van der Waals surface area contributed by atoms with Crippen molar-refractivity contribution in [3.05, 3.63) is 59.8 Å². The van der Waals surface area contributed by atoms with Gasteiger partial charge in [0.2, 0.25) is 0 Å². The lowest BCUT2D eigenvalue weighted by Gasteiger charge is -2.11. The maximum Gasteiger partial charge on any atom is 0.270 e. The molecule has 0 saturated heterocycles. The maximum absolute atomic E-state index is 14.6. The van der Waals surface area contributed by atoms with E-state index in [0.717, 1.165) is 17.5 Å². The summed E-state index contributed by atoms with van der Waals surface area (Å²) in [7, 11) is 0. The van der Waals surface area contributed by atoms with Gasteiger partial charge in [-0.1, -0.05) is 18.2 Å². The summed E-state index contributed by atoms with van der Waals surface area (Å²) in [5.74, 6) is -1.48. The monoisotopic (exact) mass is 372 g/mol. The van der Waals surface area contributed by atoms with Crippen molar-refractivity contribution in [2.45, 2.75) is 18.9 Å². The molecule has 6 N–H and O–H groups in total. The van der Waals surface area contributed by atoms with Crippen LogP contribution in [-0.4, -0.2) is 30.0 Å². The second kappa shape index (κ2) is 8.28. The van der Waals surface area contributed by atoms with Crippen LogP contribution in [0.1, 0.15) is 23.3 Å². The molecule has 142 valence electrons. The first-order valence-corrected chi connectivity index (χ1v) is 8.80. The van der Waals surface area contributed by atoms with E-state index in [4.69, 9.17) is 11.5 Å². The van der Waals surface area contributed by atoms with Crippen molar-refractivity contribution in [2.75, 3.05) is 13.1 Å². The predicted octanol–water partition coefficient (Wildman–Crippen LogP) is 2.91. The van der Waals surface area contributed by atoms with E-state index in [0.29, 0.717) is 23.9 Å². The molecule has 0 radical (unpaired) electrons. The molecule has 7 heteroatoms. The van der Waals surface area contributed by atoms with Gasteiger partial charge in [-0.3, -0.25) is 4.79 Å². The van der Waals surface area contributed by atoms with Gasteiger partial charge in [-0.05, 0) is 54.8 Å². The number of nitrogens with one attached hydrogen (secondary N) is 2. The molecule has 2 aromatic carbocycles. The quantitative estimate of drug-likeness (QED) is 0.513. The lowest BCUT2D eigenvalue weighted by atomic mass is 10.0. The van der Waals surface area contributed by atoms with Gasteiger partial charge in [0.25, 0.3) is 5.91 Å². The predicted molar refractivity (Wildman–Crippen MR) is 102 cm³/mol. The number of aromatic amines is 1. The van der Waals surface area contributed by atoms with Crippen molar-refractivity contribution in [1.82, 2.24) is 10.3 Å². The largest absolute Gasteiger partial charge is 0.349 e. The Hall–Kier alpha value is -2.77. The van der Waals surface area contributed by atoms with E-state index in [-0.39, 0.29) is 24.1 Å². The number of nitrogens with two attached hydrogens (primary N) is 2. The molecule has 0 saturated carbocycles.